The maximum atomic E-state index is 12.1. The van der Waals surface area contributed by atoms with Gasteiger partial charge in [0.1, 0.15) is 5.75 Å². The van der Waals surface area contributed by atoms with Crippen LogP contribution < -0.4 is 15.4 Å². The molecule has 0 unspecified atom stereocenters. The predicted octanol–water partition coefficient (Wildman–Crippen LogP) is 3.02. The van der Waals surface area contributed by atoms with Crippen LogP contribution in [0.5, 0.6) is 5.75 Å². The lowest BCUT2D eigenvalue weighted by molar-refractivity contribution is -0.274. The molecule has 2 aromatic carbocycles. The monoisotopic (exact) mass is 410 g/mol. The zero-order valence-corrected chi connectivity index (χ0v) is 15.6. The Labute approximate surface area is 165 Å². The molecule has 3 N–H and O–H groups in total. The maximum absolute atomic E-state index is 12.1. The number of rotatable bonds is 7. The van der Waals surface area contributed by atoms with Crippen LogP contribution in [0.15, 0.2) is 54.6 Å². The van der Waals surface area contributed by atoms with Gasteiger partial charge in [0.15, 0.2) is 0 Å². The van der Waals surface area contributed by atoms with Gasteiger partial charge < -0.3 is 20.5 Å². The number of alkyl halides is 3. The smallest absolute Gasteiger partial charge is 0.406 e. The van der Waals surface area contributed by atoms with E-state index in [-0.39, 0.29) is 12.2 Å². The number of anilines is 1. The molecule has 1 atom stereocenters. The molecule has 2 amide bonds. The van der Waals surface area contributed by atoms with E-state index in [1.165, 1.54) is 12.1 Å². The summed E-state index contributed by atoms with van der Waals surface area (Å²) in [4.78, 5) is 23.8. The molecule has 156 valence electrons. The number of hydrogen-bond acceptors (Lipinski definition) is 4. The number of carbonyl (C=O) groups is 2. The third-order valence-electron chi connectivity index (χ3n) is 3.98. The van der Waals surface area contributed by atoms with E-state index in [0.29, 0.717) is 12.8 Å². The summed E-state index contributed by atoms with van der Waals surface area (Å²) in [6, 6.07) is 13.9. The van der Waals surface area contributed by atoms with Gasteiger partial charge in [-0.15, -0.1) is 13.2 Å². The molecule has 0 bridgehead atoms. The number of carbonyl (C=O) groups excluding carboxylic acids is 2. The molecule has 29 heavy (non-hydrogen) atoms. The molecule has 0 saturated heterocycles. The standard InChI is InChI=1S/C20H21F3N2O4/c1-19(28,12-11-14-5-3-2-4-6-14)13-24-17(26)18(27)25-15-7-9-16(10-8-15)29-20(21,22)23/h2-10,28H,11-13H2,1H3,(H,24,26)(H,25,27)/t19-/m0/s1. The molecule has 0 aliphatic rings. The average Bonchev–Trinajstić information content (AvgIpc) is 2.66. The second kappa shape index (κ2) is 9.42. The first-order valence-corrected chi connectivity index (χ1v) is 8.75. The van der Waals surface area contributed by atoms with Crippen LogP contribution in [0.3, 0.4) is 0 Å². The highest BCUT2D eigenvalue weighted by molar-refractivity contribution is 6.39. The van der Waals surface area contributed by atoms with E-state index in [2.05, 4.69) is 15.4 Å². The molecular formula is C20H21F3N2O4. The van der Waals surface area contributed by atoms with Crippen molar-refractivity contribution in [3.8, 4) is 5.75 Å². The number of amides is 2. The van der Waals surface area contributed by atoms with Crippen molar-refractivity contribution in [2.45, 2.75) is 31.7 Å². The predicted molar refractivity (Wildman–Crippen MR) is 100 cm³/mol. The Bertz CT molecular complexity index is 822. The van der Waals surface area contributed by atoms with Crippen molar-refractivity contribution in [1.82, 2.24) is 5.32 Å². The largest absolute Gasteiger partial charge is 0.573 e. The van der Waals surface area contributed by atoms with E-state index in [9.17, 15) is 27.9 Å². The summed E-state index contributed by atoms with van der Waals surface area (Å²) in [6.07, 6.45) is -3.84. The zero-order chi connectivity index (χ0) is 21.5. The van der Waals surface area contributed by atoms with Crippen molar-refractivity contribution in [1.29, 1.82) is 0 Å². The number of benzene rings is 2. The minimum absolute atomic E-state index is 0.121. The van der Waals surface area contributed by atoms with Gasteiger partial charge in [-0.2, -0.15) is 0 Å². The summed E-state index contributed by atoms with van der Waals surface area (Å²) < 4.78 is 40.1. The van der Waals surface area contributed by atoms with Crippen molar-refractivity contribution < 1.29 is 32.6 Å². The molecule has 0 saturated carbocycles. The molecule has 6 nitrogen and oxygen atoms in total. The van der Waals surface area contributed by atoms with Gasteiger partial charge in [0.25, 0.3) is 0 Å². The lowest BCUT2D eigenvalue weighted by Gasteiger charge is -2.23. The van der Waals surface area contributed by atoms with E-state index < -0.39 is 29.5 Å². The van der Waals surface area contributed by atoms with Crippen LogP contribution >= 0.6 is 0 Å². The molecule has 0 fully saturated rings. The Hall–Kier alpha value is -3.07. The minimum Gasteiger partial charge on any atom is -0.406 e. The number of hydrogen-bond donors (Lipinski definition) is 3. The lowest BCUT2D eigenvalue weighted by atomic mass is 9.97. The lowest BCUT2D eigenvalue weighted by Crippen LogP contribution is -2.44. The molecular weight excluding hydrogens is 389 g/mol. The van der Waals surface area contributed by atoms with Crippen molar-refractivity contribution in [3.63, 3.8) is 0 Å². The van der Waals surface area contributed by atoms with Gasteiger partial charge in [0.05, 0.1) is 5.60 Å². The van der Waals surface area contributed by atoms with Crippen LogP contribution in [-0.4, -0.2) is 35.4 Å². The van der Waals surface area contributed by atoms with E-state index in [4.69, 9.17) is 0 Å². The third kappa shape index (κ3) is 8.22. The van der Waals surface area contributed by atoms with Gasteiger partial charge in [-0.3, -0.25) is 9.59 Å². The zero-order valence-electron chi connectivity index (χ0n) is 15.6. The number of aliphatic hydroxyl groups is 1. The van der Waals surface area contributed by atoms with Crippen molar-refractivity contribution in [2.24, 2.45) is 0 Å². The van der Waals surface area contributed by atoms with Crippen LogP contribution in [0.25, 0.3) is 0 Å². The van der Waals surface area contributed by atoms with Crippen LogP contribution in [0.1, 0.15) is 18.9 Å². The Morgan fingerprint density at radius 2 is 1.62 bits per heavy atom. The SMILES string of the molecule is C[C@](O)(CCc1ccccc1)CNC(=O)C(=O)Nc1ccc(OC(F)(F)F)cc1. The van der Waals surface area contributed by atoms with Crippen LogP contribution in [0.4, 0.5) is 18.9 Å². The summed E-state index contributed by atoms with van der Waals surface area (Å²) in [7, 11) is 0. The Kier molecular flexibility index (Phi) is 7.22. The van der Waals surface area contributed by atoms with Crippen molar-refractivity contribution >= 4 is 17.5 Å². The summed E-state index contributed by atoms with van der Waals surface area (Å²) in [6.45, 7) is 1.41. The van der Waals surface area contributed by atoms with Gasteiger partial charge in [-0.25, -0.2) is 0 Å². The van der Waals surface area contributed by atoms with E-state index in [1.54, 1.807) is 6.92 Å². The van der Waals surface area contributed by atoms with Gasteiger partial charge in [-0.1, -0.05) is 30.3 Å². The first-order valence-electron chi connectivity index (χ1n) is 8.75. The first kappa shape index (κ1) is 22.2. The Morgan fingerprint density at radius 3 is 2.21 bits per heavy atom. The highest BCUT2D eigenvalue weighted by Crippen LogP contribution is 2.23. The highest BCUT2D eigenvalue weighted by atomic mass is 19.4. The molecule has 9 heteroatoms. The molecule has 0 radical (unpaired) electrons. The maximum Gasteiger partial charge on any atom is 0.573 e. The molecule has 0 aliphatic heterocycles. The molecule has 0 spiro atoms. The van der Waals surface area contributed by atoms with Gasteiger partial charge >= 0.3 is 18.2 Å². The fourth-order valence-electron chi connectivity index (χ4n) is 2.43. The Morgan fingerprint density at radius 1 is 1.00 bits per heavy atom. The van der Waals surface area contributed by atoms with E-state index in [1.807, 2.05) is 30.3 Å². The number of halogens is 3. The molecule has 0 aromatic heterocycles. The summed E-state index contributed by atoms with van der Waals surface area (Å²) in [5.41, 5.74) is -0.0622. The quantitative estimate of drug-likeness (QED) is 0.613. The second-order valence-corrected chi connectivity index (χ2v) is 6.69. The number of aryl methyl sites for hydroxylation is 1. The topological polar surface area (TPSA) is 87.7 Å². The average molecular weight is 410 g/mol. The summed E-state index contributed by atoms with van der Waals surface area (Å²) in [5, 5.41) is 15.0. The van der Waals surface area contributed by atoms with Gasteiger partial charge in [-0.05, 0) is 49.6 Å². The summed E-state index contributed by atoms with van der Waals surface area (Å²) >= 11 is 0. The second-order valence-electron chi connectivity index (χ2n) is 6.69. The molecule has 0 heterocycles. The first-order chi connectivity index (χ1) is 13.5. The van der Waals surface area contributed by atoms with Gasteiger partial charge in [0.2, 0.25) is 0 Å². The van der Waals surface area contributed by atoms with Crippen LogP contribution in [0.2, 0.25) is 0 Å². The fourth-order valence-corrected chi connectivity index (χ4v) is 2.43. The Balaban J connectivity index is 1.80. The molecule has 2 rings (SSSR count). The number of ether oxygens (including phenoxy) is 1. The molecule has 0 aliphatic carbocycles. The van der Waals surface area contributed by atoms with Crippen LogP contribution in [-0.2, 0) is 16.0 Å². The van der Waals surface area contributed by atoms with Gasteiger partial charge in [0, 0.05) is 12.2 Å². The normalized spacial score (nSPS) is 13.3. The third-order valence-corrected chi connectivity index (χ3v) is 3.98. The minimum atomic E-state index is -4.82. The van der Waals surface area contributed by atoms with Crippen LogP contribution in [0, 0.1) is 0 Å². The van der Waals surface area contributed by atoms with E-state index in [0.717, 1.165) is 17.7 Å². The van der Waals surface area contributed by atoms with Crippen molar-refractivity contribution in [2.75, 3.05) is 11.9 Å². The number of nitrogens with one attached hydrogen (secondary N) is 2. The van der Waals surface area contributed by atoms with E-state index >= 15 is 0 Å². The van der Waals surface area contributed by atoms with Crippen molar-refractivity contribution in [3.05, 3.63) is 60.2 Å². The summed E-state index contributed by atoms with van der Waals surface area (Å²) in [5.74, 6) is -2.43. The molecule has 2 aromatic rings. The fraction of sp³-hybridized carbons (Fsp3) is 0.300. The highest BCUT2D eigenvalue weighted by Gasteiger charge is 2.31.